The summed E-state index contributed by atoms with van der Waals surface area (Å²) in [6.45, 7) is -1.07. The summed E-state index contributed by atoms with van der Waals surface area (Å²) in [6.07, 6.45) is 0. The number of halogens is 3. The second kappa shape index (κ2) is 7.22. The second-order valence-electron chi connectivity index (χ2n) is 6.04. The molecule has 4 aromatic rings. The molecule has 2 heterocycles. The Balaban J connectivity index is 1.67. The number of benzene rings is 2. The van der Waals surface area contributed by atoms with Crippen LogP contribution in [0.15, 0.2) is 60.7 Å². The summed E-state index contributed by atoms with van der Waals surface area (Å²) in [4.78, 5) is 8.94. The molecule has 0 radical (unpaired) electrons. The number of aromatic nitrogens is 3. The highest BCUT2D eigenvalue weighted by Crippen LogP contribution is 2.24. The average Bonchev–Trinajstić information content (AvgIpc) is 2.98. The predicted octanol–water partition coefficient (Wildman–Crippen LogP) is 5.21. The molecule has 0 bridgehead atoms. The third kappa shape index (κ3) is 3.62. The highest BCUT2D eigenvalue weighted by molar-refractivity contribution is 5.78. The minimum atomic E-state index is -2.89. The first-order valence-corrected chi connectivity index (χ1v) is 8.43. The maximum Gasteiger partial charge on any atom is 0.387 e. The first kappa shape index (κ1) is 17.8. The molecule has 1 N–H and O–H groups in total. The van der Waals surface area contributed by atoms with E-state index in [1.54, 1.807) is 16.7 Å². The Kier molecular flexibility index (Phi) is 4.60. The van der Waals surface area contributed by atoms with E-state index in [0.29, 0.717) is 17.3 Å². The number of pyridine rings is 1. The standard InChI is InChI=1S/C20H15F3N4O/c1-12-24-16-4-2-3-5-17(16)27(12)19-11-13(21)10-18(26-19)25-14-6-8-15(9-7-14)28-20(22)23/h2-11,20H,1H3,(H,25,26). The van der Waals surface area contributed by atoms with Crippen molar-refractivity contribution in [2.75, 3.05) is 5.32 Å². The van der Waals surface area contributed by atoms with Crippen LogP contribution in [0.3, 0.4) is 0 Å². The Morgan fingerprint density at radius 1 is 1.00 bits per heavy atom. The fraction of sp³-hybridized carbons (Fsp3) is 0.100. The maximum atomic E-state index is 14.2. The molecule has 28 heavy (non-hydrogen) atoms. The first-order valence-electron chi connectivity index (χ1n) is 8.43. The maximum absolute atomic E-state index is 14.2. The number of alkyl halides is 2. The molecule has 0 aliphatic carbocycles. The van der Waals surface area contributed by atoms with Gasteiger partial charge in [-0.05, 0) is 43.3 Å². The van der Waals surface area contributed by atoms with Crippen LogP contribution in [0.1, 0.15) is 5.82 Å². The van der Waals surface area contributed by atoms with Gasteiger partial charge in [-0.3, -0.25) is 4.57 Å². The molecule has 0 amide bonds. The van der Waals surface area contributed by atoms with Crippen molar-refractivity contribution in [3.8, 4) is 11.6 Å². The SMILES string of the molecule is Cc1nc2ccccc2n1-c1cc(F)cc(Nc2ccc(OC(F)F)cc2)n1. The molecule has 0 saturated heterocycles. The molecule has 2 aromatic heterocycles. The van der Waals surface area contributed by atoms with E-state index in [0.717, 1.165) is 11.0 Å². The molecule has 0 spiro atoms. The lowest BCUT2D eigenvalue weighted by atomic mass is 10.3. The van der Waals surface area contributed by atoms with Crippen molar-refractivity contribution in [1.82, 2.24) is 14.5 Å². The third-order valence-electron chi connectivity index (χ3n) is 4.09. The largest absolute Gasteiger partial charge is 0.435 e. The molecule has 4 rings (SSSR count). The van der Waals surface area contributed by atoms with Crippen molar-refractivity contribution in [2.45, 2.75) is 13.5 Å². The van der Waals surface area contributed by atoms with Gasteiger partial charge in [0.25, 0.3) is 0 Å². The van der Waals surface area contributed by atoms with Gasteiger partial charge in [0.1, 0.15) is 29.0 Å². The monoisotopic (exact) mass is 384 g/mol. The molecule has 0 fully saturated rings. The molecule has 0 saturated carbocycles. The summed E-state index contributed by atoms with van der Waals surface area (Å²) in [7, 11) is 0. The minimum absolute atomic E-state index is 0.0361. The summed E-state index contributed by atoms with van der Waals surface area (Å²) in [6, 6.07) is 16.0. The molecule has 0 unspecified atom stereocenters. The van der Waals surface area contributed by atoms with Crippen LogP contribution < -0.4 is 10.1 Å². The predicted molar refractivity (Wildman–Crippen MR) is 99.9 cm³/mol. The molecule has 5 nitrogen and oxygen atoms in total. The quantitative estimate of drug-likeness (QED) is 0.513. The van der Waals surface area contributed by atoms with Crippen molar-refractivity contribution < 1.29 is 17.9 Å². The van der Waals surface area contributed by atoms with Gasteiger partial charge in [0.15, 0.2) is 0 Å². The molecule has 142 valence electrons. The summed E-state index contributed by atoms with van der Waals surface area (Å²) in [5, 5.41) is 2.97. The van der Waals surface area contributed by atoms with Gasteiger partial charge in [-0.1, -0.05) is 12.1 Å². The van der Waals surface area contributed by atoms with Gasteiger partial charge in [0, 0.05) is 17.8 Å². The fourth-order valence-electron chi connectivity index (χ4n) is 2.97. The lowest BCUT2D eigenvalue weighted by Gasteiger charge is -2.11. The number of nitrogens with one attached hydrogen (secondary N) is 1. The summed E-state index contributed by atoms with van der Waals surface area (Å²) in [5.74, 6) is 0.899. The van der Waals surface area contributed by atoms with Crippen LogP contribution in [0.4, 0.5) is 24.7 Å². The van der Waals surface area contributed by atoms with Crippen LogP contribution in [-0.2, 0) is 0 Å². The number of para-hydroxylation sites is 2. The van der Waals surface area contributed by atoms with Gasteiger partial charge in [0.2, 0.25) is 0 Å². The molecule has 8 heteroatoms. The van der Waals surface area contributed by atoms with E-state index >= 15 is 0 Å². The number of ether oxygens (including phenoxy) is 1. The number of imidazole rings is 1. The van der Waals surface area contributed by atoms with Gasteiger partial charge in [0.05, 0.1) is 11.0 Å². The zero-order valence-corrected chi connectivity index (χ0v) is 14.7. The number of fused-ring (bicyclic) bond motifs is 1. The summed E-state index contributed by atoms with van der Waals surface area (Å²) in [5.41, 5.74) is 2.16. The number of aryl methyl sites for hydroxylation is 1. The number of hydrogen-bond acceptors (Lipinski definition) is 4. The smallest absolute Gasteiger partial charge is 0.387 e. The lowest BCUT2D eigenvalue weighted by molar-refractivity contribution is -0.0498. The van der Waals surface area contributed by atoms with Gasteiger partial charge in [-0.25, -0.2) is 14.4 Å². The van der Waals surface area contributed by atoms with Crippen molar-refractivity contribution in [2.24, 2.45) is 0 Å². The Labute approximate surface area is 158 Å². The highest BCUT2D eigenvalue weighted by atomic mass is 19.3. The van der Waals surface area contributed by atoms with Gasteiger partial charge in [-0.15, -0.1) is 0 Å². The van der Waals surface area contributed by atoms with E-state index in [4.69, 9.17) is 0 Å². The minimum Gasteiger partial charge on any atom is -0.435 e. The Morgan fingerprint density at radius 3 is 2.50 bits per heavy atom. The van der Waals surface area contributed by atoms with E-state index in [1.807, 2.05) is 31.2 Å². The van der Waals surface area contributed by atoms with Crippen LogP contribution in [0, 0.1) is 12.7 Å². The number of anilines is 2. The number of rotatable bonds is 5. The highest BCUT2D eigenvalue weighted by Gasteiger charge is 2.12. The first-order chi connectivity index (χ1) is 13.5. The van der Waals surface area contributed by atoms with Crippen LogP contribution in [-0.4, -0.2) is 21.1 Å². The van der Waals surface area contributed by atoms with Crippen molar-refractivity contribution in [1.29, 1.82) is 0 Å². The Morgan fingerprint density at radius 2 is 1.75 bits per heavy atom. The van der Waals surface area contributed by atoms with Crippen LogP contribution in [0.5, 0.6) is 5.75 Å². The normalized spacial score (nSPS) is 11.2. The van der Waals surface area contributed by atoms with E-state index in [9.17, 15) is 13.2 Å². The topological polar surface area (TPSA) is 52.0 Å². The van der Waals surface area contributed by atoms with Crippen molar-refractivity contribution in [3.05, 3.63) is 72.3 Å². The van der Waals surface area contributed by atoms with Gasteiger partial charge in [-0.2, -0.15) is 8.78 Å². The van der Waals surface area contributed by atoms with E-state index in [-0.39, 0.29) is 11.6 Å². The summed E-state index contributed by atoms with van der Waals surface area (Å²) < 4.78 is 44.8. The van der Waals surface area contributed by atoms with Crippen LogP contribution >= 0.6 is 0 Å². The van der Waals surface area contributed by atoms with Crippen LogP contribution in [0.25, 0.3) is 16.9 Å². The van der Waals surface area contributed by atoms with E-state index in [2.05, 4.69) is 20.0 Å². The van der Waals surface area contributed by atoms with Gasteiger partial charge >= 0.3 is 6.61 Å². The fourth-order valence-corrected chi connectivity index (χ4v) is 2.97. The number of hydrogen-bond donors (Lipinski definition) is 1. The molecule has 0 aliphatic rings. The molecular formula is C20H15F3N4O. The van der Waals surface area contributed by atoms with E-state index in [1.165, 1.54) is 24.3 Å². The molecular weight excluding hydrogens is 369 g/mol. The van der Waals surface area contributed by atoms with E-state index < -0.39 is 12.4 Å². The third-order valence-corrected chi connectivity index (χ3v) is 4.09. The molecule has 0 atom stereocenters. The lowest BCUT2D eigenvalue weighted by Crippen LogP contribution is -2.04. The Bertz CT molecular complexity index is 1130. The number of nitrogens with zero attached hydrogens (tertiary/aromatic N) is 3. The molecule has 0 aliphatic heterocycles. The zero-order valence-electron chi connectivity index (χ0n) is 14.7. The van der Waals surface area contributed by atoms with Crippen molar-refractivity contribution in [3.63, 3.8) is 0 Å². The van der Waals surface area contributed by atoms with Crippen molar-refractivity contribution >= 4 is 22.5 Å². The summed E-state index contributed by atoms with van der Waals surface area (Å²) >= 11 is 0. The Hall–Kier alpha value is -3.55. The second-order valence-corrected chi connectivity index (χ2v) is 6.04. The average molecular weight is 384 g/mol. The van der Waals surface area contributed by atoms with Crippen LogP contribution in [0.2, 0.25) is 0 Å². The molecule has 2 aromatic carbocycles. The van der Waals surface area contributed by atoms with Gasteiger partial charge < -0.3 is 10.1 Å². The zero-order chi connectivity index (χ0) is 19.7.